The molecular formula is C13H15BrN2O3. The molecule has 0 aromatic heterocycles. The highest BCUT2D eigenvalue weighted by Crippen LogP contribution is 2.39. The van der Waals surface area contributed by atoms with Crippen molar-refractivity contribution in [2.75, 3.05) is 5.32 Å². The molecule has 1 unspecified atom stereocenters. The lowest BCUT2D eigenvalue weighted by molar-refractivity contribution is -0.144. The lowest BCUT2D eigenvalue weighted by atomic mass is 9.96. The zero-order chi connectivity index (χ0) is 14.0. The molecule has 2 amide bonds. The Morgan fingerprint density at radius 2 is 1.89 bits per heavy atom. The summed E-state index contributed by atoms with van der Waals surface area (Å²) < 4.78 is 0.909. The number of halogens is 1. The van der Waals surface area contributed by atoms with Crippen molar-refractivity contribution in [2.24, 2.45) is 5.92 Å². The van der Waals surface area contributed by atoms with Crippen LogP contribution in [0.1, 0.15) is 19.8 Å². The first-order valence-corrected chi connectivity index (χ1v) is 6.79. The first-order valence-electron chi connectivity index (χ1n) is 6.00. The molecule has 0 heterocycles. The average Bonchev–Trinajstić information content (AvgIpc) is 3.16. The van der Waals surface area contributed by atoms with E-state index in [1.807, 2.05) is 0 Å². The minimum Gasteiger partial charge on any atom is -0.480 e. The number of carbonyl (C=O) groups is 2. The fourth-order valence-corrected chi connectivity index (χ4v) is 2.19. The molecule has 0 spiro atoms. The summed E-state index contributed by atoms with van der Waals surface area (Å²) in [6, 6.07) is 6.57. The summed E-state index contributed by atoms with van der Waals surface area (Å²) in [5, 5.41) is 14.4. The number of nitrogens with one attached hydrogen (secondary N) is 2. The highest BCUT2D eigenvalue weighted by Gasteiger charge is 2.48. The second-order valence-corrected chi connectivity index (χ2v) is 5.78. The van der Waals surface area contributed by atoms with E-state index in [1.54, 1.807) is 31.2 Å². The van der Waals surface area contributed by atoms with Gasteiger partial charge >= 0.3 is 12.0 Å². The monoisotopic (exact) mass is 326 g/mol. The fraction of sp³-hybridized carbons (Fsp3) is 0.385. The Bertz CT molecular complexity index is 499. The van der Waals surface area contributed by atoms with Gasteiger partial charge in [0, 0.05) is 10.2 Å². The minimum atomic E-state index is -1.19. The molecular weight excluding hydrogens is 312 g/mol. The van der Waals surface area contributed by atoms with Gasteiger partial charge in [-0.3, -0.25) is 0 Å². The summed E-state index contributed by atoms with van der Waals surface area (Å²) in [6.07, 6.45) is 1.67. The van der Waals surface area contributed by atoms with Crippen LogP contribution in [0.2, 0.25) is 0 Å². The standard InChI is InChI=1S/C13H15BrN2O3/c1-13(11(17)18,8-2-3-8)16-12(19)15-10-6-4-9(14)5-7-10/h4-8H,2-3H2,1H3,(H,17,18)(H2,15,16,19). The molecule has 0 saturated heterocycles. The van der Waals surface area contributed by atoms with E-state index in [-0.39, 0.29) is 5.92 Å². The van der Waals surface area contributed by atoms with Crippen molar-refractivity contribution in [3.05, 3.63) is 28.7 Å². The Morgan fingerprint density at radius 1 is 1.32 bits per heavy atom. The predicted molar refractivity (Wildman–Crippen MR) is 75.1 cm³/mol. The summed E-state index contributed by atoms with van der Waals surface area (Å²) >= 11 is 3.30. The molecule has 6 heteroatoms. The molecule has 5 nitrogen and oxygen atoms in total. The molecule has 3 N–H and O–H groups in total. The van der Waals surface area contributed by atoms with Gasteiger partial charge in [-0.1, -0.05) is 15.9 Å². The number of aliphatic carboxylic acids is 1. The Morgan fingerprint density at radius 3 is 2.37 bits per heavy atom. The summed E-state index contributed by atoms with van der Waals surface area (Å²) in [5.74, 6) is -0.985. The van der Waals surface area contributed by atoms with Crippen LogP contribution in [-0.2, 0) is 4.79 Å². The van der Waals surface area contributed by atoms with Gasteiger partial charge in [0.15, 0.2) is 0 Å². The lowest BCUT2D eigenvalue weighted by Gasteiger charge is -2.26. The molecule has 0 radical (unpaired) electrons. The van der Waals surface area contributed by atoms with Crippen molar-refractivity contribution in [2.45, 2.75) is 25.3 Å². The number of carboxylic acids is 1. The minimum absolute atomic E-state index is 0.0145. The van der Waals surface area contributed by atoms with Gasteiger partial charge in [0.1, 0.15) is 5.54 Å². The van der Waals surface area contributed by atoms with Gasteiger partial charge in [0.05, 0.1) is 0 Å². The van der Waals surface area contributed by atoms with Crippen molar-refractivity contribution >= 4 is 33.6 Å². The molecule has 1 aromatic carbocycles. The lowest BCUT2D eigenvalue weighted by Crippen LogP contribution is -2.55. The Balaban J connectivity index is 2.00. The number of carboxylic acid groups (broad SMARTS) is 1. The van der Waals surface area contributed by atoms with Crippen LogP contribution < -0.4 is 10.6 Å². The van der Waals surface area contributed by atoms with Crippen LogP contribution >= 0.6 is 15.9 Å². The van der Waals surface area contributed by atoms with Crippen LogP contribution in [0.3, 0.4) is 0 Å². The van der Waals surface area contributed by atoms with E-state index in [0.717, 1.165) is 17.3 Å². The average molecular weight is 327 g/mol. The van der Waals surface area contributed by atoms with E-state index in [1.165, 1.54) is 0 Å². The third-order valence-corrected chi connectivity index (χ3v) is 3.84. The summed E-state index contributed by atoms with van der Waals surface area (Å²) in [5.41, 5.74) is -0.580. The first-order chi connectivity index (χ1) is 8.91. The van der Waals surface area contributed by atoms with E-state index in [9.17, 15) is 14.7 Å². The quantitative estimate of drug-likeness (QED) is 0.796. The maximum Gasteiger partial charge on any atom is 0.329 e. The van der Waals surface area contributed by atoms with Crippen molar-refractivity contribution in [1.29, 1.82) is 0 Å². The number of hydrogen-bond acceptors (Lipinski definition) is 2. The summed E-state index contributed by atoms with van der Waals surface area (Å²) in [6.45, 7) is 1.55. The molecule has 19 heavy (non-hydrogen) atoms. The van der Waals surface area contributed by atoms with Gasteiger partial charge in [-0.05, 0) is 49.9 Å². The van der Waals surface area contributed by atoms with E-state index < -0.39 is 17.5 Å². The zero-order valence-electron chi connectivity index (χ0n) is 10.4. The SMILES string of the molecule is CC(NC(=O)Nc1ccc(Br)cc1)(C(=O)O)C1CC1. The largest absolute Gasteiger partial charge is 0.480 e. The van der Waals surface area contributed by atoms with Crippen LogP contribution in [0.4, 0.5) is 10.5 Å². The number of benzene rings is 1. The molecule has 1 atom stereocenters. The number of anilines is 1. The maximum absolute atomic E-state index is 11.9. The summed E-state index contributed by atoms with van der Waals surface area (Å²) in [7, 11) is 0. The van der Waals surface area contributed by atoms with Crippen molar-refractivity contribution in [3.63, 3.8) is 0 Å². The molecule has 2 rings (SSSR count). The topological polar surface area (TPSA) is 78.4 Å². The van der Waals surface area contributed by atoms with Crippen LogP contribution in [0.5, 0.6) is 0 Å². The van der Waals surface area contributed by atoms with E-state index in [0.29, 0.717) is 5.69 Å². The molecule has 1 aromatic rings. The second-order valence-electron chi connectivity index (χ2n) is 4.87. The molecule has 0 aliphatic heterocycles. The molecule has 1 aliphatic rings. The van der Waals surface area contributed by atoms with Crippen LogP contribution in [0, 0.1) is 5.92 Å². The van der Waals surface area contributed by atoms with Crippen molar-refractivity contribution < 1.29 is 14.7 Å². The molecule has 1 aliphatic carbocycles. The second kappa shape index (κ2) is 5.21. The number of rotatable bonds is 4. The number of amides is 2. The molecule has 1 fully saturated rings. The number of urea groups is 1. The Hall–Kier alpha value is -1.56. The highest BCUT2D eigenvalue weighted by atomic mass is 79.9. The van der Waals surface area contributed by atoms with Gasteiger partial charge in [-0.15, -0.1) is 0 Å². The van der Waals surface area contributed by atoms with Gasteiger partial charge in [0.2, 0.25) is 0 Å². The maximum atomic E-state index is 11.9. The molecule has 0 bridgehead atoms. The first kappa shape index (κ1) is 13.9. The van der Waals surface area contributed by atoms with Crippen LogP contribution in [-0.4, -0.2) is 22.6 Å². The predicted octanol–water partition coefficient (Wildman–Crippen LogP) is 2.82. The molecule has 1 saturated carbocycles. The highest BCUT2D eigenvalue weighted by molar-refractivity contribution is 9.10. The summed E-state index contributed by atoms with van der Waals surface area (Å²) in [4.78, 5) is 23.1. The molecule has 102 valence electrons. The van der Waals surface area contributed by atoms with Gasteiger partial charge in [-0.25, -0.2) is 9.59 Å². The number of hydrogen-bond donors (Lipinski definition) is 3. The third kappa shape index (κ3) is 3.26. The third-order valence-electron chi connectivity index (χ3n) is 3.31. The Labute approximate surface area is 119 Å². The van der Waals surface area contributed by atoms with Crippen molar-refractivity contribution in [1.82, 2.24) is 5.32 Å². The fourth-order valence-electron chi connectivity index (χ4n) is 1.92. The van der Waals surface area contributed by atoms with E-state index in [2.05, 4.69) is 26.6 Å². The Kier molecular flexibility index (Phi) is 3.80. The van der Waals surface area contributed by atoms with Crippen LogP contribution in [0.25, 0.3) is 0 Å². The van der Waals surface area contributed by atoms with E-state index >= 15 is 0 Å². The van der Waals surface area contributed by atoms with E-state index in [4.69, 9.17) is 0 Å². The normalized spacial score (nSPS) is 17.4. The van der Waals surface area contributed by atoms with Gasteiger partial charge in [-0.2, -0.15) is 0 Å². The smallest absolute Gasteiger partial charge is 0.329 e. The van der Waals surface area contributed by atoms with Gasteiger partial charge in [0.25, 0.3) is 0 Å². The van der Waals surface area contributed by atoms with Crippen LogP contribution in [0.15, 0.2) is 28.7 Å². The van der Waals surface area contributed by atoms with Crippen molar-refractivity contribution in [3.8, 4) is 0 Å². The zero-order valence-corrected chi connectivity index (χ0v) is 12.0. The number of carbonyl (C=O) groups excluding carboxylic acids is 1. The van der Waals surface area contributed by atoms with Gasteiger partial charge < -0.3 is 15.7 Å².